The Morgan fingerprint density at radius 3 is 2.61 bits per heavy atom. The first kappa shape index (κ1) is 20.4. The number of hydrogen-bond acceptors (Lipinski definition) is 4. The summed E-state index contributed by atoms with van der Waals surface area (Å²) in [6, 6.07) is 14.7. The summed E-state index contributed by atoms with van der Waals surface area (Å²) in [6.07, 6.45) is 1.21. The maximum Gasteiger partial charge on any atom is 0.259 e. The highest BCUT2D eigenvalue weighted by atomic mass is 35.5. The van der Waals surface area contributed by atoms with Gasteiger partial charge in [0.05, 0.1) is 16.1 Å². The van der Waals surface area contributed by atoms with Gasteiger partial charge in [-0.3, -0.25) is 4.79 Å². The lowest BCUT2D eigenvalue weighted by Gasteiger charge is -2.09. The van der Waals surface area contributed by atoms with Gasteiger partial charge in [-0.2, -0.15) is 5.26 Å². The zero-order valence-electron chi connectivity index (χ0n) is 15.8. The fraction of sp³-hybridized carbons (Fsp3) is 0.0435. The first-order valence-corrected chi connectivity index (χ1v) is 9.41. The number of halogens is 3. The van der Waals surface area contributed by atoms with Gasteiger partial charge in [0.15, 0.2) is 0 Å². The van der Waals surface area contributed by atoms with E-state index in [2.05, 4.69) is 5.32 Å². The molecule has 0 fully saturated rings. The van der Waals surface area contributed by atoms with E-state index in [0.717, 1.165) is 6.07 Å². The van der Waals surface area contributed by atoms with E-state index in [1.165, 1.54) is 24.5 Å². The van der Waals surface area contributed by atoms with Gasteiger partial charge < -0.3 is 14.5 Å². The molecule has 0 spiro atoms. The van der Waals surface area contributed by atoms with Crippen molar-refractivity contribution in [3.05, 3.63) is 94.2 Å². The molecule has 1 aromatic heterocycles. The summed E-state index contributed by atoms with van der Waals surface area (Å²) in [5.74, 6) is -1.12. The Bertz CT molecular complexity index is 1330. The number of nitrogens with one attached hydrogen (secondary N) is 1. The number of hydrogen-bond donors (Lipinski definition) is 1. The zero-order valence-corrected chi connectivity index (χ0v) is 16.5. The van der Waals surface area contributed by atoms with E-state index >= 15 is 0 Å². The van der Waals surface area contributed by atoms with E-state index in [0.29, 0.717) is 17.0 Å². The summed E-state index contributed by atoms with van der Waals surface area (Å²) in [7, 11) is 0. The molecule has 0 aliphatic carbocycles. The van der Waals surface area contributed by atoms with E-state index in [4.69, 9.17) is 26.0 Å². The number of anilines is 1. The Hall–Kier alpha value is -3.89. The number of amides is 1. The predicted octanol–water partition coefficient (Wildman–Crippen LogP) is 6.07. The molecule has 1 amide bonds. The quantitative estimate of drug-likeness (QED) is 0.410. The minimum absolute atomic E-state index is 0.143. The van der Waals surface area contributed by atoms with Crippen LogP contribution in [0.5, 0.6) is 5.75 Å². The topological polar surface area (TPSA) is 75.3 Å². The van der Waals surface area contributed by atoms with Crippen LogP contribution < -0.4 is 10.1 Å². The third-order valence-corrected chi connectivity index (χ3v) is 4.90. The van der Waals surface area contributed by atoms with Crippen LogP contribution in [0.2, 0.25) is 5.02 Å². The molecule has 0 saturated carbocycles. The maximum atomic E-state index is 13.9. The number of ether oxygens (including phenoxy) is 1. The number of nitrogens with zero attached hydrogens (tertiary/aromatic N) is 1. The molecule has 0 aliphatic rings. The van der Waals surface area contributed by atoms with Gasteiger partial charge in [-0.05, 0) is 42.5 Å². The lowest BCUT2D eigenvalue weighted by molar-refractivity contribution is 0.102. The fourth-order valence-corrected chi connectivity index (χ4v) is 3.16. The minimum atomic E-state index is -0.729. The smallest absolute Gasteiger partial charge is 0.259 e. The van der Waals surface area contributed by atoms with Crippen molar-refractivity contribution in [2.45, 2.75) is 6.61 Å². The lowest BCUT2D eigenvalue weighted by Crippen LogP contribution is -2.11. The Morgan fingerprint density at radius 2 is 1.90 bits per heavy atom. The maximum absolute atomic E-state index is 13.9. The number of nitriles is 1. The molecule has 31 heavy (non-hydrogen) atoms. The van der Waals surface area contributed by atoms with Crippen LogP contribution in [0.1, 0.15) is 21.5 Å². The number of carbonyl (C=O) groups excluding carboxylic acids is 1. The van der Waals surface area contributed by atoms with Crippen LogP contribution >= 0.6 is 11.6 Å². The Balaban J connectivity index is 1.44. The van der Waals surface area contributed by atoms with Crippen molar-refractivity contribution >= 4 is 34.2 Å². The van der Waals surface area contributed by atoms with Gasteiger partial charge in [0.2, 0.25) is 0 Å². The van der Waals surface area contributed by atoms with Gasteiger partial charge in [0.1, 0.15) is 41.9 Å². The molecule has 0 aliphatic heterocycles. The van der Waals surface area contributed by atoms with Crippen LogP contribution in [0.25, 0.3) is 11.0 Å². The van der Waals surface area contributed by atoms with Gasteiger partial charge in [0.25, 0.3) is 5.91 Å². The first-order chi connectivity index (χ1) is 14.9. The van der Waals surface area contributed by atoms with Crippen LogP contribution in [-0.4, -0.2) is 5.91 Å². The molecule has 1 N–H and O–H groups in total. The van der Waals surface area contributed by atoms with Crippen molar-refractivity contribution < 1.29 is 22.7 Å². The first-order valence-electron chi connectivity index (χ1n) is 9.03. The molecule has 154 valence electrons. The van der Waals surface area contributed by atoms with Crippen molar-refractivity contribution in [3.63, 3.8) is 0 Å². The standard InChI is InChI=1S/C23H13ClF2N2O3/c24-20-8-15(25)2-1-13(20)11-30-17-5-3-16(4-6-17)28-23(29)19-12-31-22-7-14(10-27)21(26)9-18(19)22/h1-9,12H,11H2,(H,28,29). The van der Waals surface area contributed by atoms with Gasteiger partial charge in [0, 0.05) is 22.7 Å². The predicted molar refractivity (Wildman–Crippen MR) is 111 cm³/mol. The summed E-state index contributed by atoms with van der Waals surface area (Å²) in [4.78, 5) is 12.6. The molecule has 0 unspecified atom stereocenters. The summed E-state index contributed by atoms with van der Waals surface area (Å²) in [6.45, 7) is 0.155. The minimum Gasteiger partial charge on any atom is -0.489 e. The summed E-state index contributed by atoms with van der Waals surface area (Å²) in [5.41, 5.74) is 1.35. The SMILES string of the molecule is N#Cc1cc2occ(C(=O)Nc3ccc(OCc4ccc(F)cc4Cl)cc3)c2cc1F. The lowest BCUT2D eigenvalue weighted by atomic mass is 10.1. The second-order valence-electron chi connectivity index (χ2n) is 6.59. The van der Waals surface area contributed by atoms with Gasteiger partial charge in [-0.15, -0.1) is 0 Å². The van der Waals surface area contributed by atoms with Crippen molar-refractivity contribution in [3.8, 4) is 11.8 Å². The highest BCUT2D eigenvalue weighted by Crippen LogP contribution is 2.26. The van der Waals surface area contributed by atoms with E-state index in [9.17, 15) is 13.6 Å². The molecule has 0 radical (unpaired) electrons. The highest BCUT2D eigenvalue weighted by Gasteiger charge is 2.17. The van der Waals surface area contributed by atoms with E-state index in [1.54, 1.807) is 36.4 Å². The largest absolute Gasteiger partial charge is 0.489 e. The van der Waals surface area contributed by atoms with Crippen LogP contribution in [0.4, 0.5) is 14.5 Å². The third-order valence-electron chi connectivity index (χ3n) is 4.55. The van der Waals surface area contributed by atoms with E-state index in [1.807, 2.05) is 0 Å². The molecule has 0 saturated heterocycles. The molecule has 0 atom stereocenters. The molecule has 4 aromatic rings. The normalized spacial score (nSPS) is 10.6. The highest BCUT2D eigenvalue weighted by molar-refractivity contribution is 6.31. The average molecular weight is 439 g/mol. The molecular weight excluding hydrogens is 426 g/mol. The van der Waals surface area contributed by atoms with E-state index < -0.39 is 17.5 Å². The van der Waals surface area contributed by atoms with Crippen LogP contribution in [-0.2, 0) is 6.61 Å². The Morgan fingerprint density at radius 1 is 1.13 bits per heavy atom. The molecule has 8 heteroatoms. The van der Waals surface area contributed by atoms with Gasteiger partial charge >= 0.3 is 0 Å². The summed E-state index contributed by atoms with van der Waals surface area (Å²) >= 11 is 5.98. The number of rotatable bonds is 5. The van der Waals surface area contributed by atoms with Crippen LogP contribution in [0, 0.1) is 23.0 Å². The molecule has 1 heterocycles. The van der Waals surface area contributed by atoms with Crippen molar-refractivity contribution in [1.29, 1.82) is 5.26 Å². The zero-order chi connectivity index (χ0) is 22.0. The molecule has 0 bridgehead atoms. The summed E-state index contributed by atoms with van der Waals surface area (Å²) < 4.78 is 37.9. The van der Waals surface area contributed by atoms with Crippen molar-refractivity contribution in [2.24, 2.45) is 0 Å². The molecule has 5 nitrogen and oxygen atoms in total. The third kappa shape index (κ3) is 4.34. The average Bonchev–Trinajstić information content (AvgIpc) is 3.16. The number of furan rings is 1. The monoisotopic (exact) mass is 438 g/mol. The van der Waals surface area contributed by atoms with Gasteiger partial charge in [-0.1, -0.05) is 17.7 Å². The fourth-order valence-electron chi connectivity index (χ4n) is 2.94. The van der Waals surface area contributed by atoms with Crippen molar-refractivity contribution in [1.82, 2.24) is 0 Å². The Kier molecular flexibility index (Phi) is 5.56. The van der Waals surface area contributed by atoms with Crippen LogP contribution in [0.15, 0.2) is 65.3 Å². The van der Waals surface area contributed by atoms with Crippen LogP contribution in [0.3, 0.4) is 0 Å². The van der Waals surface area contributed by atoms with E-state index in [-0.39, 0.29) is 33.7 Å². The second kappa shape index (κ2) is 8.46. The molecule has 3 aromatic carbocycles. The number of carbonyl (C=O) groups is 1. The summed E-state index contributed by atoms with van der Waals surface area (Å²) in [5, 5.41) is 12.1. The number of fused-ring (bicyclic) bond motifs is 1. The van der Waals surface area contributed by atoms with Crippen molar-refractivity contribution in [2.75, 3.05) is 5.32 Å². The second-order valence-corrected chi connectivity index (χ2v) is 7.00. The van der Waals surface area contributed by atoms with Gasteiger partial charge in [-0.25, -0.2) is 8.78 Å². The Labute approximate surface area is 180 Å². The number of benzene rings is 3. The molecular formula is C23H13ClF2N2O3. The molecule has 4 rings (SSSR count).